The molecule has 6 nitrogen and oxygen atoms in total. The highest BCUT2D eigenvalue weighted by Gasteiger charge is 2.22. The number of carbonyl (C=O) groups is 1. The van der Waals surface area contributed by atoms with Gasteiger partial charge in [-0.1, -0.05) is 27.7 Å². The number of nitrogens with zero attached hydrogens (tertiary/aromatic N) is 1. The topological polar surface area (TPSA) is 104 Å². The molecule has 0 bridgehead atoms. The second kappa shape index (κ2) is 5.86. The number of H-pyrrole nitrogens is 1. The highest BCUT2D eigenvalue weighted by molar-refractivity contribution is 5.97. The Balaban J connectivity index is 2.85. The van der Waals surface area contributed by atoms with Gasteiger partial charge in [0.2, 0.25) is 0 Å². The van der Waals surface area contributed by atoms with Crippen molar-refractivity contribution in [2.75, 3.05) is 12.3 Å². The molecule has 0 unspecified atom stereocenters. The van der Waals surface area contributed by atoms with Crippen molar-refractivity contribution in [2.24, 2.45) is 5.92 Å². The number of aliphatic hydroxyl groups is 1. The minimum atomic E-state index is -0.358. The van der Waals surface area contributed by atoms with Gasteiger partial charge < -0.3 is 16.2 Å². The number of nitrogen functional groups attached to an aromatic ring is 1. The van der Waals surface area contributed by atoms with Crippen LogP contribution in [0.25, 0.3) is 0 Å². The van der Waals surface area contributed by atoms with Crippen molar-refractivity contribution in [3.8, 4) is 0 Å². The second-order valence-electron chi connectivity index (χ2n) is 5.06. The Kier molecular flexibility index (Phi) is 4.72. The number of nitrogens with one attached hydrogen (secondary N) is 2. The van der Waals surface area contributed by atoms with Crippen LogP contribution in [-0.4, -0.2) is 33.9 Å². The van der Waals surface area contributed by atoms with Gasteiger partial charge in [0.05, 0.1) is 24.0 Å². The third-order valence-corrected chi connectivity index (χ3v) is 2.94. The van der Waals surface area contributed by atoms with Gasteiger partial charge in [-0.3, -0.25) is 9.89 Å². The fraction of sp³-hybridized carbons (Fsp3) is 0.667. The first kappa shape index (κ1) is 14.5. The summed E-state index contributed by atoms with van der Waals surface area (Å²) in [6, 6.07) is -0.295. The Morgan fingerprint density at radius 3 is 2.44 bits per heavy atom. The molecule has 0 fully saturated rings. The number of amides is 1. The summed E-state index contributed by atoms with van der Waals surface area (Å²) in [5.41, 5.74) is 7.21. The van der Waals surface area contributed by atoms with Crippen molar-refractivity contribution >= 4 is 11.6 Å². The summed E-state index contributed by atoms with van der Waals surface area (Å²) in [6.45, 7) is 7.68. The van der Waals surface area contributed by atoms with Gasteiger partial charge in [0.1, 0.15) is 0 Å². The lowest BCUT2D eigenvalue weighted by Crippen LogP contribution is -2.41. The Morgan fingerprint density at radius 1 is 1.44 bits per heavy atom. The van der Waals surface area contributed by atoms with Gasteiger partial charge in [-0.2, -0.15) is 5.10 Å². The van der Waals surface area contributed by atoms with E-state index >= 15 is 0 Å². The van der Waals surface area contributed by atoms with E-state index in [0.717, 1.165) is 5.69 Å². The highest BCUT2D eigenvalue weighted by atomic mass is 16.3. The molecule has 6 heteroatoms. The molecule has 0 aliphatic carbocycles. The molecular weight excluding hydrogens is 232 g/mol. The Bertz CT molecular complexity index is 412. The minimum absolute atomic E-state index is 0.106. The maximum Gasteiger partial charge on any atom is 0.274 e. The SMILES string of the molecule is CC(C)c1[nH]nc(C(=O)N[C@H](CO)C(C)C)c1N. The van der Waals surface area contributed by atoms with Gasteiger partial charge in [-0.15, -0.1) is 0 Å². The summed E-state index contributed by atoms with van der Waals surface area (Å²) in [5, 5.41) is 18.6. The number of rotatable bonds is 5. The molecule has 1 heterocycles. The first-order valence-electron chi connectivity index (χ1n) is 6.13. The standard InChI is InChI=1S/C12H22N4O2/c1-6(2)8(5-17)14-12(18)11-9(13)10(7(3)4)15-16-11/h6-8,17H,5,13H2,1-4H3,(H,14,18)(H,15,16)/t8-/m1/s1. The third-order valence-electron chi connectivity index (χ3n) is 2.94. The van der Waals surface area contributed by atoms with Gasteiger partial charge in [0.15, 0.2) is 5.69 Å². The number of hydrogen-bond donors (Lipinski definition) is 4. The highest BCUT2D eigenvalue weighted by Crippen LogP contribution is 2.22. The van der Waals surface area contributed by atoms with Crippen molar-refractivity contribution in [1.82, 2.24) is 15.5 Å². The zero-order chi connectivity index (χ0) is 13.9. The van der Waals surface area contributed by atoms with Crippen LogP contribution in [0.5, 0.6) is 0 Å². The Hall–Kier alpha value is -1.56. The number of aromatic nitrogens is 2. The number of hydrogen-bond acceptors (Lipinski definition) is 4. The minimum Gasteiger partial charge on any atom is -0.395 e. The van der Waals surface area contributed by atoms with Crippen LogP contribution >= 0.6 is 0 Å². The zero-order valence-electron chi connectivity index (χ0n) is 11.3. The molecule has 0 spiro atoms. The zero-order valence-corrected chi connectivity index (χ0v) is 11.3. The van der Waals surface area contributed by atoms with Crippen LogP contribution in [-0.2, 0) is 0 Å². The van der Waals surface area contributed by atoms with Crippen LogP contribution in [0.15, 0.2) is 0 Å². The summed E-state index contributed by atoms with van der Waals surface area (Å²) in [7, 11) is 0. The maximum absolute atomic E-state index is 12.0. The van der Waals surface area contributed by atoms with Gasteiger partial charge in [0, 0.05) is 0 Å². The largest absolute Gasteiger partial charge is 0.395 e. The van der Waals surface area contributed by atoms with Gasteiger partial charge in [0.25, 0.3) is 5.91 Å². The summed E-state index contributed by atoms with van der Waals surface area (Å²) in [4.78, 5) is 12.0. The smallest absolute Gasteiger partial charge is 0.274 e. The number of anilines is 1. The fourth-order valence-electron chi connectivity index (χ4n) is 1.64. The lowest BCUT2D eigenvalue weighted by atomic mass is 10.0. The predicted octanol–water partition coefficient (Wildman–Crippen LogP) is 0.862. The quantitative estimate of drug-likeness (QED) is 0.625. The number of aromatic amines is 1. The van der Waals surface area contributed by atoms with E-state index in [4.69, 9.17) is 5.73 Å². The molecule has 0 saturated heterocycles. The van der Waals surface area contributed by atoms with Crippen LogP contribution in [0.3, 0.4) is 0 Å². The Morgan fingerprint density at radius 2 is 2.06 bits per heavy atom. The Labute approximate surface area is 107 Å². The molecule has 5 N–H and O–H groups in total. The van der Waals surface area contributed by atoms with Crippen LogP contribution in [0, 0.1) is 5.92 Å². The van der Waals surface area contributed by atoms with Gasteiger partial charge >= 0.3 is 0 Å². The molecule has 1 aromatic heterocycles. The van der Waals surface area contributed by atoms with E-state index in [1.807, 2.05) is 27.7 Å². The van der Waals surface area contributed by atoms with Crippen molar-refractivity contribution in [2.45, 2.75) is 39.7 Å². The summed E-state index contributed by atoms with van der Waals surface area (Å²) in [5.74, 6) is -0.0372. The maximum atomic E-state index is 12.0. The van der Waals surface area contributed by atoms with Crippen LogP contribution in [0.4, 0.5) is 5.69 Å². The summed E-state index contributed by atoms with van der Waals surface area (Å²) >= 11 is 0. The van der Waals surface area contributed by atoms with Crippen molar-refractivity contribution in [1.29, 1.82) is 0 Å². The third kappa shape index (κ3) is 3.01. The van der Waals surface area contributed by atoms with E-state index in [1.165, 1.54) is 0 Å². The van der Waals surface area contributed by atoms with E-state index in [1.54, 1.807) is 0 Å². The second-order valence-corrected chi connectivity index (χ2v) is 5.06. The molecule has 1 rings (SSSR count). The molecule has 1 atom stereocenters. The molecule has 0 aliphatic heterocycles. The van der Waals surface area contributed by atoms with Gasteiger partial charge in [-0.25, -0.2) is 0 Å². The molecule has 0 radical (unpaired) electrons. The number of carbonyl (C=O) groups excluding carboxylic acids is 1. The monoisotopic (exact) mass is 254 g/mol. The summed E-state index contributed by atoms with van der Waals surface area (Å²) < 4.78 is 0. The molecule has 0 saturated carbocycles. The normalized spacial score (nSPS) is 13.1. The van der Waals surface area contributed by atoms with Gasteiger partial charge in [-0.05, 0) is 11.8 Å². The van der Waals surface area contributed by atoms with E-state index in [0.29, 0.717) is 5.69 Å². The van der Waals surface area contributed by atoms with Crippen LogP contribution in [0.1, 0.15) is 49.8 Å². The molecule has 0 aromatic carbocycles. The van der Waals surface area contributed by atoms with Crippen molar-refractivity contribution in [3.63, 3.8) is 0 Å². The van der Waals surface area contributed by atoms with Crippen LogP contribution in [0.2, 0.25) is 0 Å². The van der Waals surface area contributed by atoms with Crippen molar-refractivity contribution < 1.29 is 9.90 Å². The van der Waals surface area contributed by atoms with Crippen molar-refractivity contribution in [3.05, 3.63) is 11.4 Å². The lowest BCUT2D eigenvalue weighted by Gasteiger charge is -2.19. The van der Waals surface area contributed by atoms with E-state index < -0.39 is 0 Å². The first-order chi connectivity index (χ1) is 8.38. The molecule has 1 amide bonds. The van der Waals surface area contributed by atoms with E-state index in [2.05, 4.69) is 15.5 Å². The molecule has 102 valence electrons. The number of aliphatic hydroxyl groups excluding tert-OH is 1. The molecule has 0 aliphatic rings. The predicted molar refractivity (Wildman–Crippen MR) is 70.3 cm³/mol. The van der Waals surface area contributed by atoms with Crippen LogP contribution < -0.4 is 11.1 Å². The molecule has 18 heavy (non-hydrogen) atoms. The fourth-order valence-corrected chi connectivity index (χ4v) is 1.64. The molecule has 1 aromatic rings. The van der Waals surface area contributed by atoms with E-state index in [9.17, 15) is 9.90 Å². The molecular formula is C12H22N4O2. The first-order valence-corrected chi connectivity index (χ1v) is 6.13. The average molecular weight is 254 g/mol. The lowest BCUT2D eigenvalue weighted by molar-refractivity contribution is 0.0892. The average Bonchev–Trinajstić information content (AvgIpc) is 2.67. The van der Waals surface area contributed by atoms with E-state index in [-0.39, 0.29) is 36.1 Å². The number of nitrogens with two attached hydrogens (primary N) is 1. The summed E-state index contributed by atoms with van der Waals surface area (Å²) in [6.07, 6.45) is 0.